The van der Waals surface area contributed by atoms with Crippen molar-refractivity contribution in [2.75, 3.05) is 12.4 Å². The molecule has 142 valence electrons. The average molecular weight is 394 g/mol. The van der Waals surface area contributed by atoms with Crippen LogP contribution in [0.25, 0.3) is 10.9 Å². The van der Waals surface area contributed by atoms with Crippen molar-refractivity contribution in [3.63, 3.8) is 0 Å². The van der Waals surface area contributed by atoms with Gasteiger partial charge in [0.1, 0.15) is 17.6 Å². The van der Waals surface area contributed by atoms with E-state index < -0.39 is 6.04 Å². The summed E-state index contributed by atoms with van der Waals surface area (Å²) in [7, 11) is 1.58. The molecule has 2 amide bonds. The Morgan fingerprint density at radius 3 is 2.82 bits per heavy atom. The van der Waals surface area contributed by atoms with Crippen LogP contribution in [0.2, 0.25) is 0 Å². The number of carbonyl (C=O) groups is 2. The van der Waals surface area contributed by atoms with Crippen molar-refractivity contribution in [1.82, 2.24) is 14.9 Å². The number of anilines is 1. The van der Waals surface area contributed by atoms with Crippen molar-refractivity contribution in [3.05, 3.63) is 58.9 Å². The minimum absolute atomic E-state index is 0.0255. The van der Waals surface area contributed by atoms with Gasteiger partial charge in [-0.1, -0.05) is 30.3 Å². The molecule has 1 aromatic heterocycles. The molecule has 3 aromatic rings. The van der Waals surface area contributed by atoms with Crippen LogP contribution < -0.4 is 15.4 Å². The number of carbonyl (C=O) groups excluding carboxylic acids is 2. The van der Waals surface area contributed by atoms with Crippen LogP contribution >= 0.6 is 12.2 Å². The molecular weight excluding hydrogens is 376 g/mol. The standard InChI is InChI=1S/C20H18N4O3S/c1-27-16-9-5-2-6-12(16)11-21-17(25)10-15-19(26)23-18-13-7-3-4-8-14(13)22-20(28)24(15)18/h2-9,15H,10-11H2,1H3,(H,21,25)(H,23,26). The number of aromatic nitrogens is 2. The summed E-state index contributed by atoms with van der Waals surface area (Å²) in [5.74, 6) is 0.762. The first-order valence-electron chi connectivity index (χ1n) is 8.79. The van der Waals surface area contributed by atoms with E-state index >= 15 is 0 Å². The lowest BCUT2D eigenvalue weighted by Crippen LogP contribution is -2.28. The lowest BCUT2D eigenvalue weighted by molar-refractivity contribution is -0.126. The molecule has 0 aliphatic carbocycles. The van der Waals surface area contributed by atoms with Gasteiger partial charge in [-0.3, -0.25) is 14.2 Å². The van der Waals surface area contributed by atoms with E-state index in [9.17, 15) is 9.59 Å². The summed E-state index contributed by atoms with van der Waals surface area (Å²) in [6.07, 6.45) is -0.0255. The Kier molecular flexibility index (Phi) is 4.79. The first-order chi connectivity index (χ1) is 13.6. The predicted octanol–water partition coefficient (Wildman–Crippen LogP) is 2.97. The first-order valence-corrected chi connectivity index (χ1v) is 9.20. The summed E-state index contributed by atoms with van der Waals surface area (Å²) >= 11 is 5.37. The van der Waals surface area contributed by atoms with Crippen LogP contribution in [0.4, 0.5) is 5.82 Å². The van der Waals surface area contributed by atoms with Crippen molar-refractivity contribution < 1.29 is 14.3 Å². The van der Waals surface area contributed by atoms with Crippen molar-refractivity contribution in [2.45, 2.75) is 19.0 Å². The van der Waals surface area contributed by atoms with Gasteiger partial charge in [-0.2, -0.15) is 0 Å². The SMILES string of the molecule is COc1ccccc1CNC(=O)CC1C(=O)Nc2c3ccccc3nc(=S)n21. The van der Waals surface area contributed by atoms with Crippen molar-refractivity contribution >= 4 is 40.8 Å². The monoisotopic (exact) mass is 394 g/mol. The van der Waals surface area contributed by atoms with Crippen LogP contribution in [0.15, 0.2) is 48.5 Å². The molecule has 0 bridgehead atoms. The Morgan fingerprint density at radius 1 is 1.25 bits per heavy atom. The molecule has 28 heavy (non-hydrogen) atoms. The summed E-state index contributed by atoms with van der Waals surface area (Å²) in [5.41, 5.74) is 1.57. The maximum Gasteiger partial charge on any atom is 0.249 e. The van der Waals surface area contributed by atoms with E-state index in [1.165, 1.54) is 0 Å². The van der Waals surface area contributed by atoms with Crippen molar-refractivity contribution in [2.24, 2.45) is 0 Å². The maximum absolute atomic E-state index is 12.5. The Morgan fingerprint density at radius 2 is 2.00 bits per heavy atom. The van der Waals surface area contributed by atoms with Crippen LogP contribution in [-0.4, -0.2) is 28.5 Å². The number of nitrogens with one attached hydrogen (secondary N) is 2. The molecule has 1 aliphatic heterocycles. The van der Waals surface area contributed by atoms with E-state index in [0.29, 0.717) is 23.6 Å². The molecular formula is C20H18N4O3S. The molecule has 4 rings (SSSR count). The number of rotatable bonds is 5. The molecule has 1 aliphatic rings. The normalized spacial score (nSPS) is 15.2. The fraction of sp³-hybridized carbons (Fsp3) is 0.200. The number of benzene rings is 2. The lowest BCUT2D eigenvalue weighted by atomic mass is 10.1. The van der Waals surface area contributed by atoms with Gasteiger partial charge in [-0.15, -0.1) is 0 Å². The van der Waals surface area contributed by atoms with E-state index in [-0.39, 0.29) is 23.0 Å². The topological polar surface area (TPSA) is 85.2 Å². The minimum atomic E-state index is -0.725. The Balaban J connectivity index is 1.55. The minimum Gasteiger partial charge on any atom is -0.496 e. The third-order valence-corrected chi connectivity index (χ3v) is 5.01. The summed E-state index contributed by atoms with van der Waals surface area (Å²) < 4.78 is 7.19. The molecule has 1 unspecified atom stereocenters. The van der Waals surface area contributed by atoms with Gasteiger partial charge in [0.15, 0.2) is 0 Å². The molecule has 0 fully saturated rings. The second kappa shape index (κ2) is 7.40. The smallest absolute Gasteiger partial charge is 0.249 e. The van der Waals surface area contributed by atoms with E-state index in [4.69, 9.17) is 17.0 Å². The zero-order valence-electron chi connectivity index (χ0n) is 15.1. The van der Waals surface area contributed by atoms with Gasteiger partial charge in [0.2, 0.25) is 16.6 Å². The van der Waals surface area contributed by atoms with E-state index in [0.717, 1.165) is 10.9 Å². The number of methoxy groups -OCH3 is 1. The first kappa shape index (κ1) is 18.1. The molecule has 1 atom stereocenters. The van der Waals surface area contributed by atoms with E-state index in [2.05, 4.69) is 15.6 Å². The Hall–Kier alpha value is -3.26. The van der Waals surface area contributed by atoms with Gasteiger partial charge in [0.05, 0.1) is 19.0 Å². The van der Waals surface area contributed by atoms with Gasteiger partial charge in [0, 0.05) is 17.5 Å². The van der Waals surface area contributed by atoms with E-state index in [1.807, 2.05) is 48.5 Å². The molecule has 8 heteroatoms. The zero-order chi connectivity index (χ0) is 19.7. The number of amides is 2. The highest BCUT2D eigenvalue weighted by atomic mass is 32.1. The number of para-hydroxylation sites is 2. The molecule has 0 spiro atoms. The van der Waals surface area contributed by atoms with Crippen molar-refractivity contribution in [1.29, 1.82) is 0 Å². The third-order valence-electron chi connectivity index (χ3n) is 4.73. The van der Waals surface area contributed by atoms with Crippen LogP contribution in [0.3, 0.4) is 0 Å². The van der Waals surface area contributed by atoms with Gasteiger partial charge in [0.25, 0.3) is 0 Å². The average Bonchev–Trinajstić information content (AvgIpc) is 3.03. The van der Waals surface area contributed by atoms with Gasteiger partial charge >= 0.3 is 0 Å². The van der Waals surface area contributed by atoms with Gasteiger partial charge in [-0.05, 0) is 30.4 Å². The molecule has 2 aromatic carbocycles. The highest BCUT2D eigenvalue weighted by molar-refractivity contribution is 7.71. The molecule has 0 saturated carbocycles. The second-order valence-corrected chi connectivity index (χ2v) is 6.79. The largest absolute Gasteiger partial charge is 0.496 e. The summed E-state index contributed by atoms with van der Waals surface area (Å²) in [6, 6.07) is 14.2. The Labute approximate surface area is 166 Å². The molecule has 0 saturated heterocycles. The second-order valence-electron chi connectivity index (χ2n) is 6.43. The zero-order valence-corrected chi connectivity index (χ0v) is 16.0. The van der Waals surface area contributed by atoms with Gasteiger partial charge < -0.3 is 15.4 Å². The molecule has 2 heterocycles. The third kappa shape index (κ3) is 3.22. The van der Waals surface area contributed by atoms with Crippen LogP contribution in [0.1, 0.15) is 18.0 Å². The number of hydrogen-bond acceptors (Lipinski definition) is 5. The maximum atomic E-state index is 12.5. The van der Waals surface area contributed by atoms with E-state index in [1.54, 1.807) is 11.7 Å². The number of hydrogen-bond donors (Lipinski definition) is 2. The summed E-state index contributed by atoms with van der Waals surface area (Å²) in [6.45, 7) is 0.311. The van der Waals surface area contributed by atoms with Crippen LogP contribution in [0, 0.1) is 4.77 Å². The Bertz CT molecular complexity index is 1140. The number of fused-ring (bicyclic) bond motifs is 3. The molecule has 7 nitrogen and oxygen atoms in total. The fourth-order valence-electron chi connectivity index (χ4n) is 3.36. The number of ether oxygens (including phenoxy) is 1. The molecule has 0 radical (unpaired) electrons. The van der Waals surface area contributed by atoms with Crippen LogP contribution in [-0.2, 0) is 16.1 Å². The highest BCUT2D eigenvalue weighted by Gasteiger charge is 2.33. The number of nitrogens with zero attached hydrogens (tertiary/aromatic N) is 2. The summed E-state index contributed by atoms with van der Waals surface area (Å²) in [5, 5.41) is 6.48. The highest BCUT2D eigenvalue weighted by Crippen LogP contribution is 2.32. The fourth-order valence-corrected chi connectivity index (χ4v) is 3.68. The molecule has 2 N–H and O–H groups in total. The van der Waals surface area contributed by atoms with Gasteiger partial charge in [-0.25, -0.2) is 4.98 Å². The van der Waals surface area contributed by atoms with Crippen molar-refractivity contribution in [3.8, 4) is 5.75 Å². The quantitative estimate of drug-likeness (QED) is 0.650. The summed E-state index contributed by atoms with van der Waals surface area (Å²) in [4.78, 5) is 29.4. The predicted molar refractivity (Wildman–Crippen MR) is 108 cm³/mol. The van der Waals surface area contributed by atoms with Crippen LogP contribution in [0.5, 0.6) is 5.75 Å². The lowest BCUT2D eigenvalue weighted by Gasteiger charge is -2.14.